The van der Waals surface area contributed by atoms with Crippen molar-refractivity contribution < 1.29 is 29.0 Å². The lowest BCUT2D eigenvalue weighted by atomic mass is 9.49. The number of anilines is 3. The molecule has 9 nitrogen and oxygen atoms in total. The van der Waals surface area contributed by atoms with Gasteiger partial charge in [0.1, 0.15) is 5.75 Å². The van der Waals surface area contributed by atoms with E-state index in [0.717, 1.165) is 29.9 Å². The maximum absolute atomic E-state index is 15.4. The number of imide groups is 2. The quantitative estimate of drug-likeness (QED) is 0.183. The summed E-state index contributed by atoms with van der Waals surface area (Å²) in [4.78, 5) is 64.0. The van der Waals surface area contributed by atoms with E-state index in [4.69, 9.17) is 16.3 Å². The first-order valence-corrected chi connectivity index (χ1v) is 18.6. The van der Waals surface area contributed by atoms with Crippen LogP contribution in [0, 0.1) is 30.6 Å². The number of phenolic OH excluding ortho intramolecular Hbond substituents is 1. The first-order chi connectivity index (χ1) is 25.7. The van der Waals surface area contributed by atoms with Crippen LogP contribution in [-0.2, 0) is 29.3 Å². The highest BCUT2D eigenvalue weighted by Gasteiger charge is 2.70. The predicted molar refractivity (Wildman–Crippen MR) is 201 cm³/mol. The van der Waals surface area contributed by atoms with E-state index < -0.39 is 35.0 Å². The zero-order valence-electron chi connectivity index (χ0n) is 29.2. The van der Waals surface area contributed by atoms with Gasteiger partial charge in [0.05, 0.1) is 47.8 Å². The Labute approximate surface area is 312 Å². The number of ether oxygens (including phenoxy) is 1. The largest absolute Gasteiger partial charge is 0.508 e. The molecule has 5 aliphatic rings. The van der Waals surface area contributed by atoms with Gasteiger partial charge in [-0.25, -0.2) is 4.90 Å². The maximum Gasteiger partial charge on any atom is 0.246 e. The fourth-order valence-corrected chi connectivity index (χ4v) is 10.1. The monoisotopic (exact) mass is 727 g/mol. The third-order valence-corrected chi connectivity index (χ3v) is 12.4. The van der Waals surface area contributed by atoms with Crippen LogP contribution in [0.2, 0.25) is 5.02 Å². The van der Waals surface area contributed by atoms with E-state index in [2.05, 4.69) is 11.0 Å². The van der Waals surface area contributed by atoms with E-state index in [1.165, 1.54) is 9.80 Å². The molecule has 4 aromatic rings. The number of nitrogens with zero attached hydrogens (tertiary/aromatic N) is 3. The van der Waals surface area contributed by atoms with Crippen LogP contribution in [0.25, 0.3) is 0 Å². The summed E-state index contributed by atoms with van der Waals surface area (Å²) in [7, 11) is 0. The van der Waals surface area contributed by atoms with Crippen molar-refractivity contribution in [1.82, 2.24) is 0 Å². The van der Waals surface area contributed by atoms with E-state index in [1.807, 2.05) is 66.7 Å². The standard InChI is InChI=1S/C43H38ClN3O6/c1-25-22-26(10-17-36(25)48)38-32-15-16-33-37(41(51)46(39(33)49)30-13-11-29(12-14-30)45-18-20-53-21-19-45)34(32)24-35-40(50)47(31-9-5-8-28(44)23-31)42(52)43(35,38)27-6-3-2-4-7-27/h2-15,17,22-23,33-35,37-38,48H,16,18-21,24H2,1H3. The van der Waals surface area contributed by atoms with Crippen molar-refractivity contribution in [3.8, 4) is 5.75 Å². The number of benzene rings is 4. The van der Waals surface area contributed by atoms with Crippen LogP contribution in [0.1, 0.15) is 35.4 Å². The number of halogens is 1. The zero-order valence-corrected chi connectivity index (χ0v) is 29.9. The second-order valence-corrected chi connectivity index (χ2v) is 15.2. The number of fused-ring (bicyclic) bond motifs is 4. The second kappa shape index (κ2) is 12.7. The summed E-state index contributed by atoms with van der Waals surface area (Å²) >= 11 is 6.42. The van der Waals surface area contributed by atoms with E-state index in [-0.39, 0.29) is 35.8 Å². The van der Waals surface area contributed by atoms with Gasteiger partial charge in [-0.1, -0.05) is 71.8 Å². The van der Waals surface area contributed by atoms with E-state index in [1.54, 1.807) is 37.3 Å². The van der Waals surface area contributed by atoms with Crippen LogP contribution in [-0.4, -0.2) is 55.0 Å². The Kier molecular flexibility index (Phi) is 8.05. The molecule has 3 aliphatic heterocycles. The summed E-state index contributed by atoms with van der Waals surface area (Å²) in [6, 6.07) is 29.0. The lowest BCUT2D eigenvalue weighted by Crippen LogP contribution is -2.53. The average Bonchev–Trinajstić information content (AvgIpc) is 3.57. The second-order valence-electron chi connectivity index (χ2n) is 14.8. The number of hydrogen-bond donors (Lipinski definition) is 1. The molecule has 0 spiro atoms. The molecule has 2 aliphatic carbocycles. The minimum absolute atomic E-state index is 0.116. The molecule has 10 heteroatoms. The topological polar surface area (TPSA) is 107 Å². The van der Waals surface area contributed by atoms with Crippen LogP contribution in [0.15, 0.2) is 109 Å². The summed E-state index contributed by atoms with van der Waals surface area (Å²) in [6.45, 7) is 4.63. The van der Waals surface area contributed by atoms with Crippen LogP contribution < -0.4 is 14.7 Å². The Morgan fingerprint density at radius 3 is 2.21 bits per heavy atom. The molecule has 1 N–H and O–H groups in total. The summed E-state index contributed by atoms with van der Waals surface area (Å²) in [6.07, 6.45) is 2.59. The molecular weight excluding hydrogens is 690 g/mol. The van der Waals surface area contributed by atoms with Crippen LogP contribution in [0.4, 0.5) is 17.1 Å². The Bertz CT molecular complexity index is 2200. The summed E-state index contributed by atoms with van der Waals surface area (Å²) in [5.74, 6) is -4.47. The molecule has 4 aromatic carbocycles. The molecular formula is C43H38ClN3O6. The SMILES string of the molecule is Cc1cc(C2C3=CCC4C(=O)N(c5ccc(N6CCOCC6)cc5)C(=O)C4C3CC3C(=O)N(c4cccc(Cl)c4)C(=O)C32c2ccccc2)ccc1O. The molecule has 9 rings (SSSR count). The van der Waals surface area contributed by atoms with Gasteiger partial charge in [0.25, 0.3) is 0 Å². The fraction of sp³-hybridized carbons (Fsp3) is 0.302. The molecule has 4 fully saturated rings. The van der Waals surface area contributed by atoms with Crippen molar-refractivity contribution in [2.45, 2.75) is 31.1 Å². The van der Waals surface area contributed by atoms with Crippen LogP contribution in [0.5, 0.6) is 5.75 Å². The van der Waals surface area contributed by atoms with Gasteiger partial charge in [0.2, 0.25) is 23.6 Å². The first-order valence-electron chi connectivity index (χ1n) is 18.2. The number of amides is 4. The van der Waals surface area contributed by atoms with Gasteiger partial charge in [0.15, 0.2) is 0 Å². The molecule has 0 radical (unpaired) electrons. The molecule has 6 atom stereocenters. The Morgan fingerprint density at radius 1 is 0.755 bits per heavy atom. The highest BCUT2D eigenvalue weighted by Crippen LogP contribution is 2.64. The van der Waals surface area contributed by atoms with E-state index in [9.17, 15) is 19.5 Å². The summed E-state index contributed by atoms with van der Waals surface area (Å²) in [5.41, 5.74) is 3.48. The normalized spacial score (nSPS) is 28.2. The van der Waals surface area contributed by atoms with Crippen molar-refractivity contribution in [3.63, 3.8) is 0 Å². The third-order valence-electron chi connectivity index (χ3n) is 12.2. The Balaban J connectivity index is 1.18. The third kappa shape index (κ3) is 5.01. The van der Waals surface area contributed by atoms with Crippen molar-refractivity contribution >= 4 is 52.3 Å². The van der Waals surface area contributed by atoms with Gasteiger partial charge >= 0.3 is 0 Å². The summed E-state index contributed by atoms with van der Waals surface area (Å²) < 4.78 is 5.50. The molecule has 268 valence electrons. The first kappa shape index (κ1) is 33.6. The summed E-state index contributed by atoms with van der Waals surface area (Å²) in [5, 5.41) is 11.0. The van der Waals surface area contributed by atoms with Crippen molar-refractivity contribution in [2.24, 2.45) is 23.7 Å². The molecule has 1 saturated carbocycles. The van der Waals surface area contributed by atoms with Gasteiger partial charge in [0, 0.05) is 29.7 Å². The molecule has 3 saturated heterocycles. The number of aryl methyl sites for hydroxylation is 1. The molecule has 3 heterocycles. The number of carbonyl (C=O) groups excluding carboxylic acids is 4. The van der Waals surface area contributed by atoms with Crippen molar-refractivity contribution in [1.29, 1.82) is 0 Å². The number of hydrogen-bond acceptors (Lipinski definition) is 7. The number of rotatable bonds is 5. The molecule has 53 heavy (non-hydrogen) atoms. The number of aromatic hydroxyl groups is 1. The average molecular weight is 728 g/mol. The Morgan fingerprint density at radius 2 is 1.49 bits per heavy atom. The highest BCUT2D eigenvalue weighted by atomic mass is 35.5. The number of morpholine rings is 1. The Hall–Kier alpha value is -5.25. The van der Waals surface area contributed by atoms with E-state index in [0.29, 0.717) is 47.2 Å². The van der Waals surface area contributed by atoms with Crippen LogP contribution in [0.3, 0.4) is 0 Å². The van der Waals surface area contributed by atoms with Gasteiger partial charge < -0.3 is 14.7 Å². The van der Waals surface area contributed by atoms with E-state index >= 15 is 4.79 Å². The van der Waals surface area contributed by atoms with Gasteiger partial charge in [-0.15, -0.1) is 0 Å². The molecule has 6 unspecified atom stereocenters. The highest BCUT2D eigenvalue weighted by molar-refractivity contribution is 6.32. The zero-order chi connectivity index (χ0) is 36.6. The number of allylic oxidation sites excluding steroid dienone is 2. The predicted octanol–water partition coefficient (Wildman–Crippen LogP) is 6.56. The molecule has 0 bridgehead atoms. The van der Waals surface area contributed by atoms with Gasteiger partial charge in [-0.05, 0) is 90.9 Å². The lowest BCUT2D eigenvalue weighted by molar-refractivity contribution is -0.127. The maximum atomic E-state index is 15.4. The smallest absolute Gasteiger partial charge is 0.246 e. The minimum Gasteiger partial charge on any atom is -0.508 e. The van der Waals surface area contributed by atoms with Crippen LogP contribution >= 0.6 is 11.6 Å². The molecule has 4 amide bonds. The number of carbonyl (C=O) groups is 4. The lowest BCUT2D eigenvalue weighted by Gasteiger charge is -2.50. The fourth-order valence-electron chi connectivity index (χ4n) is 9.87. The van der Waals surface area contributed by atoms with Crippen molar-refractivity contribution in [3.05, 3.63) is 130 Å². The minimum atomic E-state index is -1.38. The number of phenols is 1. The molecule has 0 aromatic heterocycles. The van der Waals surface area contributed by atoms with Crippen molar-refractivity contribution in [2.75, 3.05) is 41.0 Å². The van der Waals surface area contributed by atoms with Gasteiger partial charge in [-0.3, -0.25) is 24.1 Å². The van der Waals surface area contributed by atoms with Gasteiger partial charge in [-0.2, -0.15) is 0 Å².